The summed E-state index contributed by atoms with van der Waals surface area (Å²) in [5.41, 5.74) is 0. The summed E-state index contributed by atoms with van der Waals surface area (Å²) in [4.78, 5) is 0. The average Bonchev–Trinajstić information content (AvgIpc) is 2.74. The van der Waals surface area contributed by atoms with Crippen molar-refractivity contribution in [2.24, 2.45) is 17.8 Å². The molecule has 0 aliphatic heterocycles. The Balaban J connectivity index is 1.90. The summed E-state index contributed by atoms with van der Waals surface area (Å²) in [5.74, 6) is 1.38. The fraction of sp³-hybridized carbons (Fsp3) is 0.385. The number of phenolic OH excluding ortho intramolecular Hbond substituents is 1. The number of phenols is 1. The Hall–Kier alpha value is -2.09. The van der Waals surface area contributed by atoms with E-state index in [9.17, 15) is 9.67 Å². The third-order valence-electron chi connectivity index (χ3n) is 6.51. The summed E-state index contributed by atoms with van der Waals surface area (Å²) >= 11 is 0. The molecule has 1 unspecified atom stereocenters. The molecule has 30 heavy (non-hydrogen) atoms. The molecule has 0 amide bonds. The van der Waals surface area contributed by atoms with E-state index in [1.54, 1.807) is 6.07 Å². The first-order valence-electron chi connectivity index (χ1n) is 11.0. The standard InChI is InChI=1S/C26H31O3P/c1-18(2)22-15-13-19(3)17-25(22)29-30(28,21-10-5-4-6-11-21)26-23-12-8-7-9-20(23)14-16-24(26)27/h4-12,14,16,18-19,22,25,27H,13,15,17H2,1-3H3/t19-,22+,25-,30?/m1/s1. The van der Waals surface area contributed by atoms with Crippen molar-refractivity contribution in [1.29, 1.82) is 0 Å². The molecule has 0 bridgehead atoms. The van der Waals surface area contributed by atoms with Gasteiger partial charge in [0.1, 0.15) is 5.75 Å². The van der Waals surface area contributed by atoms with E-state index in [-0.39, 0.29) is 11.9 Å². The smallest absolute Gasteiger partial charge is 0.265 e. The Morgan fingerprint density at radius 1 is 0.967 bits per heavy atom. The van der Waals surface area contributed by atoms with Crippen molar-refractivity contribution in [3.05, 3.63) is 66.7 Å². The first kappa shape index (κ1) is 21.2. The van der Waals surface area contributed by atoms with Gasteiger partial charge >= 0.3 is 0 Å². The van der Waals surface area contributed by atoms with Gasteiger partial charge in [-0.1, -0.05) is 75.7 Å². The lowest BCUT2D eigenvalue weighted by molar-refractivity contribution is 0.0514. The fourth-order valence-electron chi connectivity index (χ4n) is 4.85. The largest absolute Gasteiger partial charge is 0.507 e. The molecule has 4 rings (SSSR count). The lowest BCUT2D eigenvalue weighted by Gasteiger charge is -2.39. The molecule has 1 N–H and O–H groups in total. The van der Waals surface area contributed by atoms with Gasteiger partial charge in [0.2, 0.25) is 0 Å². The van der Waals surface area contributed by atoms with Crippen molar-refractivity contribution in [1.82, 2.24) is 0 Å². The molecule has 0 heterocycles. The summed E-state index contributed by atoms with van der Waals surface area (Å²) in [7, 11) is -3.53. The molecular formula is C26H31O3P. The Labute approximate surface area is 179 Å². The average molecular weight is 423 g/mol. The summed E-state index contributed by atoms with van der Waals surface area (Å²) < 4.78 is 21.5. The fourth-order valence-corrected chi connectivity index (χ4v) is 7.42. The number of rotatable bonds is 5. The molecule has 0 radical (unpaired) electrons. The highest BCUT2D eigenvalue weighted by molar-refractivity contribution is 7.75. The third kappa shape index (κ3) is 3.94. The molecule has 3 aromatic rings. The maximum absolute atomic E-state index is 14.8. The normalized spacial score (nSPS) is 24.1. The van der Waals surface area contributed by atoms with E-state index in [2.05, 4.69) is 20.8 Å². The summed E-state index contributed by atoms with van der Waals surface area (Å²) in [6.45, 7) is 6.69. The zero-order chi connectivity index (χ0) is 21.3. The highest BCUT2D eigenvalue weighted by atomic mass is 31.2. The Morgan fingerprint density at radius 2 is 1.67 bits per heavy atom. The molecule has 0 saturated heterocycles. The first-order chi connectivity index (χ1) is 14.4. The van der Waals surface area contributed by atoms with Gasteiger partial charge in [-0.15, -0.1) is 0 Å². The van der Waals surface area contributed by atoms with Gasteiger partial charge in [-0.25, -0.2) is 0 Å². The topological polar surface area (TPSA) is 46.5 Å². The van der Waals surface area contributed by atoms with Crippen molar-refractivity contribution in [3.63, 3.8) is 0 Å². The van der Waals surface area contributed by atoms with E-state index >= 15 is 0 Å². The number of benzene rings is 3. The predicted octanol–water partition coefficient (Wildman–Crippen LogP) is 6.25. The minimum atomic E-state index is -3.53. The minimum Gasteiger partial charge on any atom is -0.507 e. The maximum atomic E-state index is 14.8. The molecule has 1 aliphatic carbocycles. The van der Waals surface area contributed by atoms with Crippen LogP contribution in [0.25, 0.3) is 10.8 Å². The van der Waals surface area contributed by atoms with Gasteiger partial charge in [0, 0.05) is 5.30 Å². The highest BCUT2D eigenvalue weighted by Gasteiger charge is 2.40. The van der Waals surface area contributed by atoms with Crippen LogP contribution in [0, 0.1) is 17.8 Å². The molecule has 1 saturated carbocycles. The third-order valence-corrected chi connectivity index (χ3v) is 9.12. The molecule has 0 aromatic heterocycles. The second kappa shape index (κ2) is 8.57. The van der Waals surface area contributed by atoms with Crippen LogP contribution >= 0.6 is 7.37 Å². The Kier molecular flexibility index (Phi) is 6.04. The molecule has 3 nitrogen and oxygen atoms in total. The predicted molar refractivity (Wildman–Crippen MR) is 125 cm³/mol. The van der Waals surface area contributed by atoms with Crippen LogP contribution in [0.3, 0.4) is 0 Å². The first-order valence-corrected chi connectivity index (χ1v) is 12.6. The molecule has 4 heteroatoms. The number of fused-ring (bicyclic) bond motifs is 1. The van der Waals surface area contributed by atoms with Gasteiger partial charge in [-0.3, -0.25) is 4.57 Å². The zero-order valence-corrected chi connectivity index (χ0v) is 18.9. The quantitative estimate of drug-likeness (QED) is 0.494. The summed E-state index contributed by atoms with van der Waals surface area (Å²) in [6, 6.07) is 20.7. The lowest BCUT2D eigenvalue weighted by atomic mass is 9.75. The van der Waals surface area contributed by atoms with E-state index in [4.69, 9.17) is 4.52 Å². The van der Waals surface area contributed by atoms with E-state index < -0.39 is 7.37 Å². The SMILES string of the molecule is CC(C)[C@@H]1CC[C@@H](C)C[C@H]1OP(=O)(c1ccccc1)c1c(O)ccc2ccccc12. The number of hydrogen-bond donors (Lipinski definition) is 1. The summed E-state index contributed by atoms with van der Waals surface area (Å²) in [6.07, 6.45) is 3.06. The number of aromatic hydroxyl groups is 1. The van der Waals surface area contributed by atoms with Gasteiger partial charge in [-0.2, -0.15) is 0 Å². The van der Waals surface area contributed by atoms with Gasteiger partial charge in [0.15, 0.2) is 0 Å². The van der Waals surface area contributed by atoms with Gasteiger partial charge < -0.3 is 9.63 Å². The van der Waals surface area contributed by atoms with Crippen LogP contribution in [0.1, 0.15) is 40.0 Å². The van der Waals surface area contributed by atoms with Gasteiger partial charge in [0.05, 0.1) is 11.4 Å². The summed E-state index contributed by atoms with van der Waals surface area (Å²) in [5, 5.41) is 13.7. The van der Waals surface area contributed by atoms with Crippen LogP contribution in [-0.2, 0) is 9.09 Å². The Bertz CT molecular complexity index is 1060. The van der Waals surface area contributed by atoms with Crippen LogP contribution < -0.4 is 10.6 Å². The van der Waals surface area contributed by atoms with E-state index in [0.29, 0.717) is 28.4 Å². The Morgan fingerprint density at radius 3 is 2.40 bits per heavy atom. The van der Waals surface area contributed by atoms with Crippen molar-refractivity contribution in [3.8, 4) is 5.75 Å². The minimum absolute atomic E-state index is 0.0332. The second-order valence-corrected chi connectivity index (χ2v) is 11.3. The van der Waals surface area contributed by atoms with Crippen molar-refractivity contribution in [2.45, 2.75) is 46.1 Å². The van der Waals surface area contributed by atoms with Crippen molar-refractivity contribution >= 4 is 28.8 Å². The molecule has 4 atom stereocenters. The van der Waals surface area contributed by atoms with Crippen LogP contribution in [0.15, 0.2) is 66.7 Å². The van der Waals surface area contributed by atoms with E-state index in [1.165, 1.54) is 6.42 Å². The van der Waals surface area contributed by atoms with Gasteiger partial charge in [0.25, 0.3) is 7.37 Å². The zero-order valence-electron chi connectivity index (χ0n) is 18.0. The van der Waals surface area contributed by atoms with Crippen molar-refractivity contribution in [2.75, 3.05) is 0 Å². The van der Waals surface area contributed by atoms with Crippen molar-refractivity contribution < 1.29 is 14.2 Å². The number of hydrogen-bond acceptors (Lipinski definition) is 3. The van der Waals surface area contributed by atoms with Crippen LogP contribution in [0.2, 0.25) is 0 Å². The van der Waals surface area contributed by atoms with E-state index in [0.717, 1.165) is 23.6 Å². The molecule has 158 valence electrons. The lowest BCUT2D eigenvalue weighted by Crippen LogP contribution is -2.36. The van der Waals surface area contributed by atoms with Gasteiger partial charge in [-0.05, 0) is 59.6 Å². The maximum Gasteiger partial charge on any atom is 0.265 e. The molecule has 1 aliphatic rings. The molecule has 1 fully saturated rings. The monoisotopic (exact) mass is 422 g/mol. The van der Waals surface area contributed by atoms with Crippen LogP contribution in [-0.4, -0.2) is 11.2 Å². The molecule has 0 spiro atoms. The second-order valence-electron chi connectivity index (χ2n) is 9.01. The highest BCUT2D eigenvalue weighted by Crippen LogP contribution is 2.53. The molecular weight excluding hydrogens is 391 g/mol. The van der Waals surface area contributed by atoms with Crippen LogP contribution in [0.4, 0.5) is 0 Å². The van der Waals surface area contributed by atoms with Crippen LogP contribution in [0.5, 0.6) is 5.75 Å². The molecule has 3 aromatic carbocycles. The van der Waals surface area contributed by atoms with E-state index in [1.807, 2.05) is 60.7 Å².